The highest BCUT2D eigenvalue weighted by atomic mass is 35.5. The van der Waals surface area contributed by atoms with Crippen LogP contribution in [0.25, 0.3) is 17.2 Å². The number of hydrogen-bond donors (Lipinski definition) is 2. The average molecular weight is 610 g/mol. The fraction of sp³-hybridized carbons (Fsp3) is 0.344. The molecule has 1 fully saturated rings. The number of aromatic nitrogens is 3. The number of carboxylic acids is 1. The number of likely N-dealkylation sites (tertiary alicyclic amines) is 1. The predicted molar refractivity (Wildman–Crippen MR) is 158 cm³/mol. The number of hydrogen-bond acceptors (Lipinski definition) is 6. The number of rotatable bonds is 8. The summed E-state index contributed by atoms with van der Waals surface area (Å²) in [5, 5.41) is 20.0. The van der Waals surface area contributed by atoms with Crippen LogP contribution in [0.3, 0.4) is 0 Å². The van der Waals surface area contributed by atoms with Crippen LogP contribution in [0.2, 0.25) is 5.02 Å². The van der Waals surface area contributed by atoms with Gasteiger partial charge in [-0.15, -0.1) is 0 Å². The number of nitrogens with zero attached hydrogens (tertiary/aromatic N) is 4. The van der Waals surface area contributed by atoms with E-state index in [9.17, 15) is 19.4 Å². The highest BCUT2D eigenvalue weighted by Crippen LogP contribution is 2.45. The summed E-state index contributed by atoms with van der Waals surface area (Å²) in [6.45, 7) is 3.99. The van der Waals surface area contributed by atoms with E-state index in [2.05, 4.69) is 9.88 Å². The first-order valence-corrected chi connectivity index (χ1v) is 14.6. The normalized spacial score (nSPS) is 20.3. The number of fused-ring (bicyclic) bond motifs is 2. The Labute approximate surface area is 253 Å². The molecule has 224 valence electrons. The van der Waals surface area contributed by atoms with Gasteiger partial charge >= 0.3 is 5.97 Å². The number of benzene rings is 2. The Morgan fingerprint density at radius 2 is 1.95 bits per heavy atom. The highest BCUT2D eigenvalue weighted by Gasteiger charge is 2.32. The van der Waals surface area contributed by atoms with Gasteiger partial charge in [0.1, 0.15) is 28.7 Å². The summed E-state index contributed by atoms with van der Waals surface area (Å²) >= 11 is 5.89. The van der Waals surface area contributed by atoms with Crippen LogP contribution in [0.15, 0.2) is 54.4 Å². The van der Waals surface area contributed by atoms with E-state index in [-0.39, 0.29) is 28.7 Å². The van der Waals surface area contributed by atoms with Gasteiger partial charge in [0.15, 0.2) is 17.4 Å². The maximum Gasteiger partial charge on any atom is 0.354 e. The molecule has 8 nitrogen and oxygen atoms in total. The minimum Gasteiger partial charge on any atom is -0.478 e. The molecule has 4 aromatic rings. The lowest BCUT2D eigenvalue weighted by Gasteiger charge is -2.34. The Morgan fingerprint density at radius 1 is 1.16 bits per heavy atom. The van der Waals surface area contributed by atoms with Crippen molar-refractivity contribution in [1.82, 2.24) is 19.4 Å². The van der Waals surface area contributed by atoms with E-state index < -0.39 is 29.8 Å². The standard InChI is InChI=1S/C32H31ClF2N4O4/c1-2-21(40)16-39-28(36-26-8-9-27(32(41)42)37-31(26)39)17-38-12-10-18(11-13-38)22-5-3-4-19-14-25(35)30(43-29(19)22)23-7-6-20(33)15-24(23)34/h3-9,14-15,18,21,30,40H,2,10-13,16-17H2,1H3,(H,41,42)/t21-,30-/m0/s1/i30D. The van der Waals surface area contributed by atoms with Gasteiger partial charge < -0.3 is 19.5 Å². The molecule has 2 N–H and O–H groups in total. The number of ether oxygens (including phenoxy) is 1. The molecule has 0 aliphatic carbocycles. The second-order valence-corrected chi connectivity index (χ2v) is 11.3. The third-order valence-electron chi connectivity index (χ3n) is 8.10. The monoisotopic (exact) mass is 609 g/mol. The number of pyridine rings is 1. The van der Waals surface area contributed by atoms with Crippen LogP contribution in [0.4, 0.5) is 8.78 Å². The molecule has 0 bridgehead atoms. The molecule has 43 heavy (non-hydrogen) atoms. The molecule has 2 atom stereocenters. The molecule has 0 amide bonds. The first-order chi connectivity index (χ1) is 21.1. The average Bonchev–Trinajstić information content (AvgIpc) is 3.33. The fourth-order valence-corrected chi connectivity index (χ4v) is 5.92. The summed E-state index contributed by atoms with van der Waals surface area (Å²) in [6.07, 6.45) is 0.223. The largest absolute Gasteiger partial charge is 0.478 e. The minimum absolute atomic E-state index is 0.0515. The van der Waals surface area contributed by atoms with Gasteiger partial charge in [0.25, 0.3) is 0 Å². The zero-order valence-corrected chi connectivity index (χ0v) is 24.2. The van der Waals surface area contributed by atoms with Crippen LogP contribution in [0, 0.1) is 5.82 Å². The van der Waals surface area contributed by atoms with Crippen LogP contribution in [0.1, 0.15) is 72.6 Å². The first kappa shape index (κ1) is 27.9. The lowest BCUT2D eigenvalue weighted by Crippen LogP contribution is -2.34. The third kappa shape index (κ3) is 5.87. The maximum atomic E-state index is 15.3. The van der Waals surface area contributed by atoms with Crippen molar-refractivity contribution in [2.24, 2.45) is 0 Å². The minimum atomic E-state index is -2.38. The summed E-state index contributed by atoms with van der Waals surface area (Å²) in [7, 11) is 0. The summed E-state index contributed by atoms with van der Waals surface area (Å²) in [4.78, 5) is 22.8. The Morgan fingerprint density at radius 3 is 2.67 bits per heavy atom. The molecule has 11 heteroatoms. The van der Waals surface area contributed by atoms with Crippen LogP contribution in [0.5, 0.6) is 5.75 Å². The quantitative estimate of drug-likeness (QED) is 0.235. The molecular formula is C32H31ClF2N4O4. The number of aliphatic hydroxyl groups excluding tert-OH is 1. The summed E-state index contributed by atoms with van der Waals surface area (Å²) in [5.41, 5.74) is 1.97. The number of carbonyl (C=O) groups is 1. The topological polar surface area (TPSA) is 101 Å². The van der Waals surface area contributed by atoms with Gasteiger partial charge in [-0.2, -0.15) is 0 Å². The SMILES string of the molecule is [2H][C@@]1(c2ccc(Cl)cc2F)Oc2c(cccc2C2CCN(Cc3nc4ccc(C(=O)O)nc4n3C[C@@H](O)CC)CC2)C=C1F. The van der Waals surface area contributed by atoms with Crippen LogP contribution < -0.4 is 4.74 Å². The van der Waals surface area contributed by atoms with Gasteiger partial charge in [-0.1, -0.05) is 42.8 Å². The van der Waals surface area contributed by atoms with Gasteiger partial charge in [-0.25, -0.2) is 23.5 Å². The number of piperidine rings is 1. The highest BCUT2D eigenvalue weighted by molar-refractivity contribution is 6.30. The predicted octanol–water partition coefficient (Wildman–Crippen LogP) is 6.52. The first-order valence-electron chi connectivity index (χ1n) is 14.7. The van der Waals surface area contributed by atoms with E-state index in [1.165, 1.54) is 24.3 Å². The smallest absolute Gasteiger partial charge is 0.354 e. The van der Waals surface area contributed by atoms with Crippen LogP contribution in [-0.2, 0) is 13.1 Å². The van der Waals surface area contributed by atoms with Crippen LogP contribution >= 0.6 is 11.6 Å². The Kier molecular flexibility index (Phi) is 7.81. The van der Waals surface area contributed by atoms with E-state index >= 15 is 4.39 Å². The van der Waals surface area contributed by atoms with Gasteiger partial charge in [0.2, 0.25) is 0 Å². The Bertz CT molecular complexity index is 1770. The van der Waals surface area contributed by atoms with E-state index in [0.717, 1.165) is 24.5 Å². The van der Waals surface area contributed by atoms with E-state index in [0.29, 0.717) is 54.4 Å². The maximum absolute atomic E-state index is 15.3. The number of aliphatic hydroxyl groups is 1. The molecule has 6 rings (SSSR count). The summed E-state index contributed by atoms with van der Waals surface area (Å²) in [6, 6.07) is 12.2. The molecule has 1 saturated heterocycles. The van der Waals surface area contributed by atoms with Gasteiger partial charge in [-0.3, -0.25) is 4.90 Å². The lowest BCUT2D eigenvalue weighted by molar-refractivity contribution is 0.0691. The van der Waals surface area contributed by atoms with Gasteiger partial charge in [-0.05, 0) is 74.2 Å². The van der Waals surface area contributed by atoms with E-state index in [4.69, 9.17) is 22.7 Å². The van der Waals surface area contributed by atoms with Gasteiger partial charge in [0.05, 0.1) is 20.6 Å². The van der Waals surface area contributed by atoms with E-state index in [1.54, 1.807) is 16.7 Å². The molecule has 2 aliphatic heterocycles. The molecule has 4 heterocycles. The summed E-state index contributed by atoms with van der Waals surface area (Å²) in [5.74, 6) is -1.77. The Hall–Kier alpha value is -3.86. The van der Waals surface area contributed by atoms with Crippen molar-refractivity contribution >= 4 is 34.8 Å². The molecule has 0 unspecified atom stereocenters. The molecule has 2 aliphatic rings. The molecular weight excluding hydrogens is 578 g/mol. The van der Waals surface area contributed by atoms with E-state index in [1.807, 2.05) is 19.1 Å². The van der Waals surface area contributed by atoms with Crippen molar-refractivity contribution in [2.45, 2.75) is 57.4 Å². The summed E-state index contributed by atoms with van der Waals surface area (Å²) < 4.78 is 46.7. The molecule has 0 saturated carbocycles. The van der Waals surface area contributed by atoms with Crippen molar-refractivity contribution < 1.29 is 29.9 Å². The molecule has 0 radical (unpaired) electrons. The van der Waals surface area contributed by atoms with Crippen molar-refractivity contribution in [2.75, 3.05) is 13.1 Å². The van der Waals surface area contributed by atoms with Crippen molar-refractivity contribution in [3.8, 4) is 5.75 Å². The zero-order chi connectivity index (χ0) is 31.2. The molecule has 2 aromatic heterocycles. The number of aromatic carboxylic acids is 1. The van der Waals surface area contributed by atoms with Gasteiger partial charge in [0, 0.05) is 16.1 Å². The number of para-hydroxylation sites is 1. The van der Waals surface area contributed by atoms with Crippen molar-refractivity contribution in [1.29, 1.82) is 0 Å². The molecule has 2 aromatic carbocycles. The van der Waals surface area contributed by atoms with Crippen LogP contribution in [-0.4, -0.2) is 54.8 Å². The number of halogens is 3. The third-order valence-corrected chi connectivity index (χ3v) is 8.34. The zero-order valence-electron chi connectivity index (χ0n) is 24.4. The van der Waals surface area contributed by atoms with Crippen molar-refractivity contribution in [3.63, 3.8) is 0 Å². The second kappa shape index (κ2) is 12.0. The number of imidazole rings is 1. The Balaban J connectivity index is 1.22. The molecule has 0 spiro atoms. The lowest BCUT2D eigenvalue weighted by atomic mass is 9.87. The number of carboxylic acid groups (broad SMARTS) is 1. The second-order valence-electron chi connectivity index (χ2n) is 10.9. The van der Waals surface area contributed by atoms with Crippen molar-refractivity contribution in [3.05, 3.63) is 93.4 Å². The fourth-order valence-electron chi connectivity index (χ4n) is 5.76.